The summed E-state index contributed by atoms with van der Waals surface area (Å²) in [5.74, 6) is 0.348. The van der Waals surface area contributed by atoms with Crippen LogP contribution in [0.25, 0.3) is 0 Å². The van der Waals surface area contributed by atoms with Gasteiger partial charge in [-0.1, -0.05) is 36.4 Å². The normalized spacial score (nSPS) is 10.2. The number of aliphatic imine (C=N–C) groups is 1. The summed E-state index contributed by atoms with van der Waals surface area (Å²) < 4.78 is 5.23. The summed E-state index contributed by atoms with van der Waals surface area (Å²) in [6.45, 7) is 0. The van der Waals surface area contributed by atoms with Gasteiger partial charge in [0.2, 0.25) is 5.11 Å². The Hall–Kier alpha value is -2.53. The average Bonchev–Trinajstić information content (AvgIpc) is 2.49. The first-order valence-corrected chi connectivity index (χ1v) is 6.31. The van der Waals surface area contributed by atoms with Crippen LogP contribution >= 0.6 is 12.2 Å². The van der Waals surface area contributed by atoms with Crippen LogP contribution in [-0.4, -0.2) is 17.4 Å². The van der Waals surface area contributed by atoms with Gasteiger partial charge in [-0.05, 0) is 36.5 Å². The maximum absolute atomic E-state index is 11.8. The molecule has 0 spiro atoms. The van der Waals surface area contributed by atoms with Gasteiger partial charge in [0.15, 0.2) is 6.40 Å². The van der Waals surface area contributed by atoms with Gasteiger partial charge >= 0.3 is 0 Å². The summed E-state index contributed by atoms with van der Waals surface area (Å²) >= 11 is 4.94. The lowest BCUT2D eigenvalue weighted by Crippen LogP contribution is -2.27. The first kappa shape index (κ1) is 13.9. The van der Waals surface area contributed by atoms with Crippen molar-refractivity contribution in [2.75, 3.05) is 0 Å². The lowest BCUT2D eigenvalue weighted by molar-refractivity contribution is 0.0977. The zero-order valence-corrected chi connectivity index (χ0v) is 11.3. The molecular weight excluding hydrogens is 272 g/mol. The predicted octanol–water partition coefficient (Wildman–Crippen LogP) is 2.81. The summed E-state index contributed by atoms with van der Waals surface area (Å²) in [7, 11) is 0. The van der Waals surface area contributed by atoms with E-state index in [9.17, 15) is 4.79 Å². The Balaban J connectivity index is 1.85. The molecule has 1 amide bonds. The van der Waals surface area contributed by atoms with Crippen LogP contribution in [0.3, 0.4) is 0 Å². The van der Waals surface area contributed by atoms with Gasteiger partial charge in [0.25, 0.3) is 5.91 Å². The molecule has 0 saturated heterocycles. The fraction of sp³-hybridized carbons (Fsp3) is 0. The molecule has 2 aromatic carbocycles. The highest BCUT2D eigenvalue weighted by atomic mass is 32.1. The molecule has 0 aliphatic heterocycles. The van der Waals surface area contributed by atoms with Gasteiger partial charge in [-0.2, -0.15) is 4.99 Å². The number of rotatable bonds is 3. The number of hydrogen-bond acceptors (Lipinski definition) is 3. The second-order valence-electron chi connectivity index (χ2n) is 3.79. The van der Waals surface area contributed by atoms with Crippen LogP contribution in [0, 0.1) is 0 Å². The predicted molar refractivity (Wildman–Crippen MR) is 82.1 cm³/mol. The minimum Gasteiger partial charge on any atom is -0.446 e. The van der Waals surface area contributed by atoms with E-state index in [-0.39, 0.29) is 11.0 Å². The molecule has 2 rings (SSSR count). The third-order valence-corrected chi connectivity index (χ3v) is 2.57. The molecule has 0 aromatic heterocycles. The van der Waals surface area contributed by atoms with Crippen LogP contribution in [0.1, 0.15) is 10.4 Å². The van der Waals surface area contributed by atoms with E-state index in [0.717, 1.165) is 0 Å². The Labute approximate surface area is 122 Å². The van der Waals surface area contributed by atoms with Crippen LogP contribution in [-0.2, 0) is 0 Å². The van der Waals surface area contributed by atoms with E-state index in [2.05, 4.69) is 10.3 Å². The Morgan fingerprint density at radius 1 is 1.05 bits per heavy atom. The fourth-order valence-electron chi connectivity index (χ4n) is 1.43. The molecule has 1 N–H and O–H groups in total. The van der Waals surface area contributed by atoms with Gasteiger partial charge in [0.05, 0.1) is 0 Å². The molecular formula is C15H12N2O2S. The molecule has 2 aromatic rings. The summed E-state index contributed by atoms with van der Waals surface area (Å²) in [6.07, 6.45) is 1.20. The number of benzene rings is 2. The summed E-state index contributed by atoms with van der Waals surface area (Å²) in [4.78, 5) is 15.6. The summed E-state index contributed by atoms with van der Waals surface area (Å²) in [5, 5.41) is 2.55. The van der Waals surface area contributed by atoms with E-state index in [4.69, 9.17) is 17.0 Å². The number of para-hydroxylation sites is 1. The standard InChI is InChI=1S/C15H12N2O2S/c18-14(12-7-3-1-4-8-12)17-15(20)16-11-19-13-9-5-2-6-10-13/h1-11H,(H,17,18,20)/b16-11+. The van der Waals surface area contributed by atoms with Gasteiger partial charge in [-0.25, -0.2) is 0 Å². The first-order valence-electron chi connectivity index (χ1n) is 5.90. The Kier molecular flexibility index (Phi) is 4.97. The number of hydrogen-bond donors (Lipinski definition) is 1. The number of nitrogens with zero attached hydrogens (tertiary/aromatic N) is 1. The van der Waals surface area contributed by atoms with Crippen LogP contribution in [0.4, 0.5) is 0 Å². The number of carbonyl (C=O) groups excluding carboxylic acids is 1. The topological polar surface area (TPSA) is 50.7 Å². The highest BCUT2D eigenvalue weighted by molar-refractivity contribution is 7.80. The van der Waals surface area contributed by atoms with Crippen molar-refractivity contribution in [3.05, 3.63) is 66.2 Å². The van der Waals surface area contributed by atoms with E-state index in [1.807, 2.05) is 24.3 Å². The number of thiocarbonyl (C=S) groups is 1. The van der Waals surface area contributed by atoms with Gasteiger partial charge in [-0.3, -0.25) is 10.1 Å². The second kappa shape index (κ2) is 7.16. The smallest absolute Gasteiger partial charge is 0.257 e. The molecule has 0 bridgehead atoms. The number of carbonyl (C=O) groups is 1. The van der Waals surface area contributed by atoms with Crippen molar-refractivity contribution in [1.82, 2.24) is 5.32 Å². The molecule has 5 heteroatoms. The van der Waals surface area contributed by atoms with Gasteiger partial charge in [0.1, 0.15) is 5.75 Å². The molecule has 4 nitrogen and oxygen atoms in total. The van der Waals surface area contributed by atoms with Crippen molar-refractivity contribution in [1.29, 1.82) is 0 Å². The molecule has 0 fully saturated rings. The van der Waals surface area contributed by atoms with Crippen LogP contribution in [0.15, 0.2) is 65.7 Å². The molecule has 0 heterocycles. The Morgan fingerprint density at radius 3 is 2.30 bits per heavy atom. The minimum atomic E-state index is -0.299. The monoisotopic (exact) mass is 284 g/mol. The number of ether oxygens (including phenoxy) is 1. The Bertz CT molecular complexity index is 612. The molecule has 20 heavy (non-hydrogen) atoms. The van der Waals surface area contributed by atoms with E-state index in [1.165, 1.54) is 6.40 Å². The summed E-state index contributed by atoms with van der Waals surface area (Å²) in [6, 6.07) is 17.9. The third-order valence-electron chi connectivity index (χ3n) is 2.36. The quantitative estimate of drug-likeness (QED) is 0.535. The number of nitrogens with one attached hydrogen (secondary N) is 1. The molecule has 100 valence electrons. The van der Waals surface area contributed by atoms with Crippen LogP contribution in [0.2, 0.25) is 0 Å². The van der Waals surface area contributed by atoms with Gasteiger partial charge < -0.3 is 4.74 Å². The maximum atomic E-state index is 11.8. The molecule has 0 radical (unpaired) electrons. The van der Waals surface area contributed by atoms with Gasteiger partial charge in [0, 0.05) is 5.56 Å². The van der Waals surface area contributed by atoms with Crippen molar-refractivity contribution >= 4 is 29.6 Å². The molecule has 0 saturated carbocycles. The summed E-state index contributed by atoms with van der Waals surface area (Å²) in [5.41, 5.74) is 0.522. The zero-order valence-electron chi connectivity index (χ0n) is 10.5. The van der Waals surface area contributed by atoms with E-state index in [0.29, 0.717) is 11.3 Å². The fourth-order valence-corrected chi connectivity index (χ4v) is 1.56. The van der Waals surface area contributed by atoms with Crippen molar-refractivity contribution in [3.8, 4) is 5.75 Å². The van der Waals surface area contributed by atoms with E-state index in [1.54, 1.807) is 36.4 Å². The van der Waals surface area contributed by atoms with Crippen molar-refractivity contribution in [2.45, 2.75) is 0 Å². The SMILES string of the molecule is O=C(NC(=S)/N=C/Oc1ccccc1)c1ccccc1. The van der Waals surface area contributed by atoms with Crippen molar-refractivity contribution in [2.24, 2.45) is 4.99 Å². The third kappa shape index (κ3) is 4.29. The number of amides is 1. The highest BCUT2D eigenvalue weighted by Gasteiger charge is 2.05. The van der Waals surface area contributed by atoms with Gasteiger partial charge in [-0.15, -0.1) is 0 Å². The van der Waals surface area contributed by atoms with Crippen LogP contribution < -0.4 is 10.1 Å². The van der Waals surface area contributed by atoms with Crippen molar-refractivity contribution < 1.29 is 9.53 Å². The zero-order chi connectivity index (χ0) is 14.2. The van der Waals surface area contributed by atoms with Crippen molar-refractivity contribution in [3.63, 3.8) is 0 Å². The second-order valence-corrected chi connectivity index (χ2v) is 4.18. The first-order chi connectivity index (χ1) is 9.75. The maximum Gasteiger partial charge on any atom is 0.257 e. The molecule has 0 unspecified atom stereocenters. The average molecular weight is 284 g/mol. The lowest BCUT2D eigenvalue weighted by atomic mass is 10.2. The molecule has 0 aliphatic carbocycles. The van der Waals surface area contributed by atoms with E-state index < -0.39 is 0 Å². The molecule has 0 atom stereocenters. The largest absolute Gasteiger partial charge is 0.446 e. The lowest BCUT2D eigenvalue weighted by Gasteiger charge is -2.02. The van der Waals surface area contributed by atoms with Crippen LogP contribution in [0.5, 0.6) is 5.75 Å². The minimum absolute atomic E-state index is 0.0507. The van der Waals surface area contributed by atoms with E-state index >= 15 is 0 Å². The molecule has 0 aliphatic rings. The highest BCUT2D eigenvalue weighted by Crippen LogP contribution is 2.06. The Morgan fingerprint density at radius 2 is 1.65 bits per heavy atom.